The Kier molecular flexibility index (Phi) is 3.67. The van der Waals surface area contributed by atoms with Crippen molar-refractivity contribution in [2.45, 2.75) is 26.2 Å². The maximum absolute atomic E-state index is 5.10. The number of hydrogen-bond donors (Lipinski definition) is 1. The van der Waals surface area contributed by atoms with Crippen molar-refractivity contribution in [1.82, 2.24) is 0 Å². The lowest BCUT2D eigenvalue weighted by Gasteiger charge is -2.31. The molecule has 0 aliphatic rings. The summed E-state index contributed by atoms with van der Waals surface area (Å²) in [5.74, 6) is 5.50. The maximum atomic E-state index is 5.10. The molecular formula is C12H19NO. The van der Waals surface area contributed by atoms with E-state index in [1.807, 2.05) is 6.07 Å². The standard InChI is InChI=1S/C12H19NO/c1-10(9-14-13)12(2,3)11-7-5-4-6-8-11/h4-8,10H,9,13H2,1-3H3. The number of benzene rings is 1. The molecule has 78 valence electrons. The molecule has 0 aliphatic carbocycles. The highest BCUT2D eigenvalue weighted by Gasteiger charge is 2.27. The van der Waals surface area contributed by atoms with Gasteiger partial charge in [-0.25, -0.2) is 5.90 Å². The van der Waals surface area contributed by atoms with Crippen molar-refractivity contribution in [2.75, 3.05) is 6.61 Å². The maximum Gasteiger partial charge on any atom is 0.0713 e. The molecule has 1 rings (SSSR count). The first kappa shape index (κ1) is 11.2. The SMILES string of the molecule is CC(CON)C(C)(C)c1ccccc1. The molecule has 1 unspecified atom stereocenters. The van der Waals surface area contributed by atoms with Crippen molar-refractivity contribution in [1.29, 1.82) is 0 Å². The van der Waals surface area contributed by atoms with E-state index < -0.39 is 0 Å². The normalized spacial score (nSPS) is 14.0. The molecule has 1 atom stereocenters. The van der Waals surface area contributed by atoms with Gasteiger partial charge in [0, 0.05) is 0 Å². The fourth-order valence-corrected chi connectivity index (χ4v) is 1.50. The zero-order valence-corrected chi connectivity index (χ0v) is 9.16. The molecule has 0 amide bonds. The zero-order valence-electron chi connectivity index (χ0n) is 9.16. The molecule has 14 heavy (non-hydrogen) atoms. The van der Waals surface area contributed by atoms with Crippen molar-refractivity contribution in [3.8, 4) is 0 Å². The molecule has 0 fully saturated rings. The first-order chi connectivity index (χ1) is 6.59. The van der Waals surface area contributed by atoms with E-state index in [1.165, 1.54) is 5.56 Å². The van der Waals surface area contributed by atoms with Gasteiger partial charge in [0.15, 0.2) is 0 Å². The van der Waals surface area contributed by atoms with Gasteiger partial charge < -0.3 is 4.84 Å². The highest BCUT2D eigenvalue weighted by Crippen LogP contribution is 2.31. The van der Waals surface area contributed by atoms with E-state index in [9.17, 15) is 0 Å². The van der Waals surface area contributed by atoms with Crippen LogP contribution in [0.3, 0.4) is 0 Å². The van der Waals surface area contributed by atoms with Crippen molar-refractivity contribution in [3.05, 3.63) is 35.9 Å². The first-order valence-electron chi connectivity index (χ1n) is 4.96. The molecule has 2 N–H and O–H groups in total. The van der Waals surface area contributed by atoms with Gasteiger partial charge >= 0.3 is 0 Å². The summed E-state index contributed by atoms with van der Waals surface area (Å²) in [7, 11) is 0. The minimum absolute atomic E-state index is 0.0978. The summed E-state index contributed by atoms with van der Waals surface area (Å²) in [4.78, 5) is 4.71. The van der Waals surface area contributed by atoms with Gasteiger partial charge in [-0.15, -0.1) is 0 Å². The van der Waals surface area contributed by atoms with Gasteiger partial charge in [-0.1, -0.05) is 51.1 Å². The van der Waals surface area contributed by atoms with Gasteiger partial charge in [-0.3, -0.25) is 0 Å². The van der Waals surface area contributed by atoms with Crippen LogP contribution in [0.2, 0.25) is 0 Å². The molecule has 0 spiro atoms. The Morgan fingerprint density at radius 3 is 2.36 bits per heavy atom. The van der Waals surface area contributed by atoms with E-state index in [1.54, 1.807) is 0 Å². The summed E-state index contributed by atoms with van der Waals surface area (Å²) >= 11 is 0. The Labute approximate surface area is 86.0 Å². The van der Waals surface area contributed by atoms with E-state index >= 15 is 0 Å². The third-order valence-corrected chi connectivity index (χ3v) is 3.10. The van der Waals surface area contributed by atoms with Crippen molar-refractivity contribution < 1.29 is 4.84 Å². The van der Waals surface area contributed by atoms with E-state index in [-0.39, 0.29) is 5.41 Å². The number of nitrogens with two attached hydrogens (primary N) is 1. The molecule has 0 heterocycles. The predicted molar refractivity (Wildman–Crippen MR) is 58.8 cm³/mol. The average Bonchev–Trinajstić information content (AvgIpc) is 2.19. The van der Waals surface area contributed by atoms with E-state index in [4.69, 9.17) is 10.7 Å². The molecule has 0 saturated carbocycles. The third kappa shape index (κ3) is 2.34. The predicted octanol–water partition coefficient (Wildman–Crippen LogP) is 2.49. The van der Waals surface area contributed by atoms with Gasteiger partial charge in [0.2, 0.25) is 0 Å². The van der Waals surface area contributed by atoms with E-state index in [0.29, 0.717) is 12.5 Å². The van der Waals surface area contributed by atoms with Gasteiger partial charge in [-0.05, 0) is 16.9 Å². The lowest BCUT2D eigenvalue weighted by molar-refractivity contribution is 0.0815. The van der Waals surface area contributed by atoms with Gasteiger partial charge in [0.05, 0.1) is 6.61 Å². The van der Waals surface area contributed by atoms with Crippen LogP contribution in [0, 0.1) is 5.92 Å². The Balaban J connectivity index is 2.84. The van der Waals surface area contributed by atoms with Crippen LogP contribution in [0.5, 0.6) is 0 Å². The van der Waals surface area contributed by atoms with Crippen LogP contribution < -0.4 is 5.90 Å². The summed E-state index contributed by atoms with van der Waals surface area (Å²) in [6.45, 7) is 7.17. The summed E-state index contributed by atoms with van der Waals surface area (Å²) in [6, 6.07) is 10.4. The minimum atomic E-state index is 0.0978. The molecular weight excluding hydrogens is 174 g/mol. The van der Waals surface area contributed by atoms with Crippen LogP contribution in [-0.4, -0.2) is 6.61 Å². The van der Waals surface area contributed by atoms with Crippen LogP contribution in [0.1, 0.15) is 26.3 Å². The lowest BCUT2D eigenvalue weighted by Crippen LogP contribution is -2.30. The zero-order chi connectivity index (χ0) is 10.6. The van der Waals surface area contributed by atoms with Crippen LogP contribution in [0.15, 0.2) is 30.3 Å². The second-order valence-corrected chi connectivity index (χ2v) is 4.32. The topological polar surface area (TPSA) is 35.2 Å². The second-order valence-electron chi connectivity index (χ2n) is 4.32. The number of rotatable bonds is 4. The summed E-state index contributed by atoms with van der Waals surface area (Å²) in [5, 5.41) is 0. The van der Waals surface area contributed by atoms with E-state index in [2.05, 4.69) is 45.0 Å². The summed E-state index contributed by atoms with van der Waals surface area (Å²) in [5.41, 5.74) is 1.42. The van der Waals surface area contributed by atoms with Crippen LogP contribution >= 0.6 is 0 Å². The number of hydrogen-bond acceptors (Lipinski definition) is 2. The average molecular weight is 193 g/mol. The third-order valence-electron chi connectivity index (χ3n) is 3.10. The fraction of sp³-hybridized carbons (Fsp3) is 0.500. The Hall–Kier alpha value is -0.860. The second kappa shape index (κ2) is 4.58. The molecule has 0 aromatic heterocycles. The van der Waals surface area contributed by atoms with Crippen molar-refractivity contribution in [2.24, 2.45) is 11.8 Å². The summed E-state index contributed by atoms with van der Waals surface area (Å²) in [6.07, 6.45) is 0. The van der Waals surface area contributed by atoms with Gasteiger partial charge in [0.25, 0.3) is 0 Å². The highest BCUT2D eigenvalue weighted by molar-refractivity contribution is 5.24. The lowest BCUT2D eigenvalue weighted by atomic mass is 9.75. The fourth-order valence-electron chi connectivity index (χ4n) is 1.50. The minimum Gasteiger partial charge on any atom is -0.304 e. The smallest absolute Gasteiger partial charge is 0.0713 e. The molecule has 2 nitrogen and oxygen atoms in total. The first-order valence-corrected chi connectivity index (χ1v) is 4.96. The Morgan fingerprint density at radius 2 is 1.86 bits per heavy atom. The van der Waals surface area contributed by atoms with Gasteiger partial charge in [-0.2, -0.15) is 0 Å². The molecule has 0 bridgehead atoms. The highest BCUT2D eigenvalue weighted by atomic mass is 16.6. The van der Waals surface area contributed by atoms with Crippen LogP contribution in [0.4, 0.5) is 0 Å². The molecule has 0 radical (unpaired) electrons. The quantitative estimate of drug-likeness (QED) is 0.746. The van der Waals surface area contributed by atoms with Crippen LogP contribution in [0.25, 0.3) is 0 Å². The van der Waals surface area contributed by atoms with Crippen molar-refractivity contribution >= 4 is 0 Å². The monoisotopic (exact) mass is 193 g/mol. The largest absolute Gasteiger partial charge is 0.304 e. The molecule has 0 aliphatic heterocycles. The Bertz CT molecular complexity index is 269. The molecule has 2 heteroatoms. The van der Waals surface area contributed by atoms with Gasteiger partial charge in [0.1, 0.15) is 0 Å². The molecule has 0 saturated heterocycles. The van der Waals surface area contributed by atoms with Crippen LogP contribution in [-0.2, 0) is 10.3 Å². The van der Waals surface area contributed by atoms with E-state index in [0.717, 1.165) is 0 Å². The summed E-state index contributed by atoms with van der Waals surface area (Å²) < 4.78 is 0. The Morgan fingerprint density at radius 1 is 1.29 bits per heavy atom. The van der Waals surface area contributed by atoms with Crippen molar-refractivity contribution in [3.63, 3.8) is 0 Å². The molecule has 1 aromatic rings. The molecule has 1 aromatic carbocycles.